The maximum Gasteiger partial charge on any atom is 0.134 e. The van der Waals surface area contributed by atoms with Crippen LogP contribution in [-0.2, 0) is 0 Å². The monoisotopic (exact) mass is 262 g/mol. The Morgan fingerprint density at radius 2 is 1.61 bits per heavy atom. The standard InChI is InChI=1S/C15H15ClO2/c1-10(2)18-13-6-3-11(4-7-13)12-5-8-15(17)14(16)9-12/h3-10,17H,1-2H3. The Morgan fingerprint density at radius 1 is 1.00 bits per heavy atom. The molecule has 0 saturated heterocycles. The van der Waals surface area contributed by atoms with Crippen molar-refractivity contribution >= 4 is 11.6 Å². The lowest BCUT2D eigenvalue weighted by Gasteiger charge is -2.10. The van der Waals surface area contributed by atoms with E-state index in [1.165, 1.54) is 0 Å². The maximum atomic E-state index is 9.38. The fourth-order valence-corrected chi connectivity index (χ4v) is 1.87. The van der Waals surface area contributed by atoms with Crippen LogP contribution in [-0.4, -0.2) is 11.2 Å². The quantitative estimate of drug-likeness (QED) is 0.882. The lowest BCUT2D eigenvalue weighted by Crippen LogP contribution is -2.05. The number of phenols is 1. The first-order valence-corrected chi connectivity index (χ1v) is 6.19. The van der Waals surface area contributed by atoms with E-state index in [9.17, 15) is 5.11 Å². The number of benzene rings is 2. The lowest BCUT2D eigenvalue weighted by atomic mass is 10.1. The van der Waals surface area contributed by atoms with Gasteiger partial charge in [0.05, 0.1) is 11.1 Å². The van der Waals surface area contributed by atoms with Gasteiger partial charge in [0.25, 0.3) is 0 Å². The first kappa shape index (κ1) is 12.8. The second-order valence-electron chi connectivity index (χ2n) is 4.36. The summed E-state index contributed by atoms with van der Waals surface area (Å²) in [5.41, 5.74) is 2.00. The van der Waals surface area contributed by atoms with E-state index < -0.39 is 0 Å². The zero-order valence-electron chi connectivity index (χ0n) is 10.4. The third-order valence-electron chi connectivity index (χ3n) is 2.51. The molecule has 2 aromatic rings. The summed E-state index contributed by atoms with van der Waals surface area (Å²) in [5, 5.41) is 9.74. The van der Waals surface area contributed by atoms with Gasteiger partial charge in [0.15, 0.2) is 0 Å². The minimum Gasteiger partial charge on any atom is -0.506 e. The van der Waals surface area contributed by atoms with Crippen molar-refractivity contribution in [3.05, 3.63) is 47.5 Å². The van der Waals surface area contributed by atoms with Crippen molar-refractivity contribution in [3.8, 4) is 22.6 Å². The number of aromatic hydroxyl groups is 1. The van der Waals surface area contributed by atoms with Crippen molar-refractivity contribution in [2.75, 3.05) is 0 Å². The number of hydrogen-bond acceptors (Lipinski definition) is 2. The van der Waals surface area contributed by atoms with Crippen molar-refractivity contribution in [3.63, 3.8) is 0 Å². The Labute approximate surface area is 112 Å². The second kappa shape index (κ2) is 5.32. The minimum atomic E-state index is 0.0974. The highest BCUT2D eigenvalue weighted by Gasteiger charge is 2.03. The van der Waals surface area contributed by atoms with Crippen LogP contribution in [0, 0.1) is 0 Å². The highest BCUT2D eigenvalue weighted by molar-refractivity contribution is 6.32. The van der Waals surface area contributed by atoms with Gasteiger partial charge in [-0.15, -0.1) is 0 Å². The smallest absolute Gasteiger partial charge is 0.134 e. The van der Waals surface area contributed by atoms with Crippen LogP contribution in [0.15, 0.2) is 42.5 Å². The van der Waals surface area contributed by atoms with Crippen LogP contribution in [0.4, 0.5) is 0 Å². The van der Waals surface area contributed by atoms with Crippen molar-refractivity contribution in [2.45, 2.75) is 20.0 Å². The van der Waals surface area contributed by atoms with Crippen LogP contribution < -0.4 is 4.74 Å². The first-order valence-electron chi connectivity index (χ1n) is 5.82. The molecule has 0 radical (unpaired) electrons. The molecule has 0 aliphatic carbocycles. The van der Waals surface area contributed by atoms with E-state index in [2.05, 4.69) is 0 Å². The lowest BCUT2D eigenvalue weighted by molar-refractivity contribution is 0.242. The molecule has 0 aliphatic rings. The van der Waals surface area contributed by atoms with Crippen molar-refractivity contribution in [2.24, 2.45) is 0 Å². The van der Waals surface area contributed by atoms with E-state index in [-0.39, 0.29) is 11.9 Å². The molecule has 0 fully saturated rings. The predicted molar refractivity (Wildman–Crippen MR) is 74.3 cm³/mol. The summed E-state index contributed by atoms with van der Waals surface area (Å²) in [6, 6.07) is 13.0. The van der Waals surface area contributed by atoms with Crippen LogP contribution in [0.1, 0.15) is 13.8 Å². The third kappa shape index (κ3) is 2.96. The Balaban J connectivity index is 2.25. The summed E-state index contributed by atoms with van der Waals surface area (Å²) in [6.45, 7) is 3.99. The molecular weight excluding hydrogens is 248 g/mol. The van der Waals surface area contributed by atoms with Gasteiger partial charge in [0.1, 0.15) is 11.5 Å². The molecule has 0 bridgehead atoms. The fraction of sp³-hybridized carbons (Fsp3) is 0.200. The van der Waals surface area contributed by atoms with Gasteiger partial charge >= 0.3 is 0 Å². The van der Waals surface area contributed by atoms with Gasteiger partial charge in [-0.1, -0.05) is 29.8 Å². The molecule has 0 atom stereocenters. The first-order chi connectivity index (χ1) is 8.56. The summed E-state index contributed by atoms with van der Waals surface area (Å²) in [5.74, 6) is 0.943. The van der Waals surface area contributed by atoms with Crippen molar-refractivity contribution in [1.82, 2.24) is 0 Å². The molecule has 0 saturated carbocycles. The van der Waals surface area contributed by atoms with Crippen LogP contribution in [0.3, 0.4) is 0 Å². The number of phenolic OH excluding ortho intramolecular Hbond substituents is 1. The molecule has 1 N–H and O–H groups in total. The normalized spacial score (nSPS) is 10.7. The highest BCUT2D eigenvalue weighted by Crippen LogP contribution is 2.30. The zero-order chi connectivity index (χ0) is 13.1. The third-order valence-corrected chi connectivity index (χ3v) is 2.81. The van der Waals surface area contributed by atoms with E-state index in [1.54, 1.807) is 12.1 Å². The van der Waals surface area contributed by atoms with E-state index in [0.717, 1.165) is 16.9 Å². The Hall–Kier alpha value is -1.67. The largest absolute Gasteiger partial charge is 0.506 e. The number of halogens is 1. The molecule has 0 amide bonds. The van der Waals surface area contributed by atoms with Gasteiger partial charge in [-0.3, -0.25) is 0 Å². The average molecular weight is 263 g/mol. The number of ether oxygens (including phenoxy) is 1. The van der Waals surface area contributed by atoms with Crippen molar-refractivity contribution in [1.29, 1.82) is 0 Å². The molecule has 0 aromatic heterocycles. The van der Waals surface area contributed by atoms with Crippen LogP contribution in [0.5, 0.6) is 11.5 Å². The second-order valence-corrected chi connectivity index (χ2v) is 4.76. The van der Waals surface area contributed by atoms with E-state index in [1.807, 2.05) is 44.2 Å². The molecule has 18 heavy (non-hydrogen) atoms. The van der Waals surface area contributed by atoms with Crippen LogP contribution in [0.25, 0.3) is 11.1 Å². The SMILES string of the molecule is CC(C)Oc1ccc(-c2ccc(O)c(Cl)c2)cc1. The van der Waals surface area contributed by atoms with Gasteiger partial charge < -0.3 is 9.84 Å². The predicted octanol–water partition coefficient (Wildman–Crippen LogP) is 4.50. The summed E-state index contributed by atoms with van der Waals surface area (Å²) >= 11 is 5.89. The summed E-state index contributed by atoms with van der Waals surface area (Å²) in [7, 11) is 0. The molecule has 2 aromatic carbocycles. The molecule has 0 spiro atoms. The molecule has 2 nitrogen and oxygen atoms in total. The van der Waals surface area contributed by atoms with Gasteiger partial charge in [-0.05, 0) is 49.2 Å². The number of rotatable bonds is 3. The van der Waals surface area contributed by atoms with E-state index in [4.69, 9.17) is 16.3 Å². The Kier molecular flexibility index (Phi) is 3.78. The van der Waals surface area contributed by atoms with Gasteiger partial charge in [-0.2, -0.15) is 0 Å². The highest BCUT2D eigenvalue weighted by atomic mass is 35.5. The maximum absolute atomic E-state index is 9.38. The van der Waals surface area contributed by atoms with Gasteiger partial charge in [-0.25, -0.2) is 0 Å². The zero-order valence-corrected chi connectivity index (χ0v) is 11.1. The summed E-state index contributed by atoms with van der Waals surface area (Å²) < 4.78 is 5.58. The summed E-state index contributed by atoms with van der Waals surface area (Å²) in [6.07, 6.45) is 0.166. The van der Waals surface area contributed by atoms with Crippen molar-refractivity contribution < 1.29 is 9.84 Å². The molecule has 3 heteroatoms. The molecule has 2 rings (SSSR count). The fourth-order valence-electron chi connectivity index (χ4n) is 1.68. The number of hydrogen-bond donors (Lipinski definition) is 1. The van der Waals surface area contributed by atoms with E-state index in [0.29, 0.717) is 5.02 Å². The molecule has 0 aliphatic heterocycles. The minimum absolute atomic E-state index is 0.0974. The molecular formula is C15H15ClO2. The Bertz CT molecular complexity index is 533. The Morgan fingerprint density at radius 3 is 2.17 bits per heavy atom. The molecule has 94 valence electrons. The van der Waals surface area contributed by atoms with Crippen LogP contribution in [0.2, 0.25) is 5.02 Å². The molecule has 0 unspecified atom stereocenters. The van der Waals surface area contributed by atoms with Gasteiger partial charge in [0.2, 0.25) is 0 Å². The topological polar surface area (TPSA) is 29.5 Å². The van der Waals surface area contributed by atoms with E-state index >= 15 is 0 Å². The average Bonchev–Trinajstić information content (AvgIpc) is 2.33. The summed E-state index contributed by atoms with van der Waals surface area (Å²) in [4.78, 5) is 0. The van der Waals surface area contributed by atoms with Gasteiger partial charge in [0, 0.05) is 0 Å². The molecule has 0 heterocycles. The van der Waals surface area contributed by atoms with Crippen LogP contribution >= 0.6 is 11.6 Å².